The summed E-state index contributed by atoms with van der Waals surface area (Å²) in [5.74, 6) is 0.147. The number of nitrogens with one attached hydrogen (secondary N) is 3. The van der Waals surface area contributed by atoms with E-state index in [-0.39, 0.29) is 5.91 Å². The lowest BCUT2D eigenvalue weighted by Crippen LogP contribution is -2.29. The van der Waals surface area contributed by atoms with Crippen LogP contribution in [0.4, 0.5) is 11.6 Å². The van der Waals surface area contributed by atoms with Crippen LogP contribution < -0.4 is 10.9 Å². The third-order valence-corrected chi connectivity index (χ3v) is 5.84. The number of hydrogen-bond donors (Lipinski definition) is 3. The Balaban J connectivity index is 1.58. The van der Waals surface area contributed by atoms with Gasteiger partial charge in [0, 0.05) is 19.7 Å². The van der Waals surface area contributed by atoms with E-state index in [0.717, 1.165) is 10.8 Å². The van der Waals surface area contributed by atoms with Gasteiger partial charge in [-0.1, -0.05) is 48.5 Å². The fourth-order valence-electron chi connectivity index (χ4n) is 2.95. The van der Waals surface area contributed by atoms with Gasteiger partial charge in [-0.3, -0.25) is 20.4 Å². The van der Waals surface area contributed by atoms with Gasteiger partial charge in [0.1, 0.15) is 5.82 Å². The molecule has 31 heavy (non-hydrogen) atoms. The molecule has 1 heterocycles. The van der Waals surface area contributed by atoms with E-state index in [0.29, 0.717) is 31.7 Å². The molecule has 0 aliphatic carbocycles. The van der Waals surface area contributed by atoms with Crippen LogP contribution >= 0.6 is 31.9 Å². The van der Waals surface area contributed by atoms with Gasteiger partial charge in [0.05, 0.1) is 11.1 Å². The van der Waals surface area contributed by atoms with Crippen molar-refractivity contribution >= 4 is 66.1 Å². The zero-order valence-corrected chi connectivity index (χ0v) is 19.1. The van der Waals surface area contributed by atoms with Crippen LogP contribution in [0.3, 0.4) is 0 Å². The zero-order chi connectivity index (χ0) is 21.8. The van der Waals surface area contributed by atoms with Crippen LogP contribution in [-0.2, 0) is 0 Å². The highest BCUT2D eigenvalue weighted by atomic mass is 79.9. The molecule has 7 nitrogen and oxygen atoms in total. The molecule has 0 atom stereocenters. The van der Waals surface area contributed by atoms with Gasteiger partial charge in [-0.15, -0.1) is 10.2 Å². The Morgan fingerprint density at radius 1 is 0.774 bits per heavy atom. The summed E-state index contributed by atoms with van der Waals surface area (Å²) in [5, 5.41) is 9.50. The van der Waals surface area contributed by atoms with E-state index < -0.39 is 5.91 Å². The number of aromatic amines is 1. The molecule has 0 saturated heterocycles. The summed E-state index contributed by atoms with van der Waals surface area (Å²) >= 11 is 6.71. The Hall–Kier alpha value is -3.30. The Kier molecular flexibility index (Phi) is 6.24. The molecule has 0 spiro atoms. The highest BCUT2D eigenvalue weighted by Crippen LogP contribution is 2.32. The van der Waals surface area contributed by atoms with Gasteiger partial charge in [-0.05, 0) is 56.1 Å². The van der Waals surface area contributed by atoms with Gasteiger partial charge in [-0.25, -0.2) is 0 Å². The number of nitrogens with zero attached hydrogens (tertiary/aromatic N) is 2. The molecule has 4 rings (SSSR count). The molecule has 0 fully saturated rings. The van der Waals surface area contributed by atoms with E-state index in [2.05, 4.69) is 57.9 Å². The molecular formula is C22H15Br2N5O2. The number of benzene rings is 3. The van der Waals surface area contributed by atoms with Crippen LogP contribution in [0.5, 0.6) is 0 Å². The van der Waals surface area contributed by atoms with Crippen molar-refractivity contribution in [3.8, 4) is 0 Å². The summed E-state index contributed by atoms with van der Waals surface area (Å²) in [6, 6.07) is 21.6. The van der Waals surface area contributed by atoms with E-state index in [1.165, 1.54) is 0 Å². The Labute approximate surface area is 194 Å². The van der Waals surface area contributed by atoms with E-state index in [1.807, 2.05) is 36.4 Å². The first-order valence-corrected chi connectivity index (χ1v) is 10.8. The van der Waals surface area contributed by atoms with E-state index >= 15 is 0 Å². The van der Waals surface area contributed by atoms with Crippen LogP contribution in [0.1, 0.15) is 20.7 Å². The fourth-order valence-corrected chi connectivity index (χ4v) is 3.87. The number of hydrazine groups is 1. The molecule has 154 valence electrons. The number of azo groups is 1. The largest absolute Gasteiger partial charge is 0.323 e. The summed E-state index contributed by atoms with van der Waals surface area (Å²) in [4.78, 5) is 28.0. The number of carbonyl (C=O) groups is 2. The summed E-state index contributed by atoms with van der Waals surface area (Å²) in [6.07, 6.45) is 0. The average Bonchev–Trinajstić information content (AvgIpc) is 3.14. The molecule has 0 aliphatic rings. The van der Waals surface area contributed by atoms with Crippen molar-refractivity contribution in [2.24, 2.45) is 10.2 Å². The number of aromatic nitrogens is 1. The lowest BCUT2D eigenvalue weighted by molar-refractivity contribution is 0.0960. The highest BCUT2D eigenvalue weighted by molar-refractivity contribution is 9.10. The van der Waals surface area contributed by atoms with Gasteiger partial charge in [-0.2, -0.15) is 0 Å². The third kappa shape index (κ3) is 4.57. The molecule has 1 aromatic heterocycles. The third-order valence-electron chi connectivity index (χ3n) is 4.46. The first kappa shape index (κ1) is 21.0. The van der Waals surface area contributed by atoms with Gasteiger partial charge >= 0.3 is 0 Å². The normalized spacial score (nSPS) is 11.0. The van der Waals surface area contributed by atoms with Crippen molar-refractivity contribution in [1.82, 2.24) is 10.4 Å². The molecule has 0 aliphatic heterocycles. The minimum Gasteiger partial charge on any atom is -0.323 e. The number of hydrogen-bond acceptors (Lipinski definition) is 4. The topological polar surface area (TPSA) is 98.7 Å². The Bertz CT molecular complexity index is 1320. The van der Waals surface area contributed by atoms with Gasteiger partial charge in [0.2, 0.25) is 0 Å². The van der Waals surface area contributed by atoms with Crippen molar-refractivity contribution in [2.45, 2.75) is 0 Å². The quantitative estimate of drug-likeness (QED) is 0.202. The number of fused-ring (bicyclic) bond motifs is 1. The molecular weight excluding hydrogens is 526 g/mol. The van der Waals surface area contributed by atoms with Gasteiger partial charge in [0.25, 0.3) is 11.8 Å². The summed E-state index contributed by atoms with van der Waals surface area (Å²) in [5.41, 5.74) is 6.46. The number of rotatable bonds is 5. The molecule has 4 aromatic rings. The van der Waals surface area contributed by atoms with E-state index in [4.69, 9.17) is 0 Å². The zero-order valence-electron chi connectivity index (χ0n) is 15.9. The monoisotopic (exact) mass is 539 g/mol. The number of anilines is 1. The number of halogens is 2. The minimum absolute atomic E-state index is 0.307. The number of carbonyl (C=O) groups excluding carboxylic acids is 2. The molecule has 9 heteroatoms. The first-order valence-electron chi connectivity index (χ1n) is 9.17. The van der Waals surface area contributed by atoms with Crippen molar-refractivity contribution < 1.29 is 9.59 Å². The maximum atomic E-state index is 12.5. The van der Waals surface area contributed by atoms with Gasteiger partial charge in [0.15, 0.2) is 5.82 Å². The van der Waals surface area contributed by atoms with Crippen molar-refractivity contribution in [3.05, 3.63) is 92.9 Å². The summed E-state index contributed by atoms with van der Waals surface area (Å²) in [7, 11) is 0. The molecule has 0 saturated carbocycles. The first-order chi connectivity index (χ1) is 15.0. The van der Waals surface area contributed by atoms with Crippen LogP contribution in [-0.4, -0.2) is 16.8 Å². The second kappa shape index (κ2) is 9.23. The Morgan fingerprint density at radius 3 is 2.03 bits per heavy atom. The number of amides is 2. The van der Waals surface area contributed by atoms with Crippen molar-refractivity contribution in [2.75, 3.05) is 5.43 Å². The second-order valence-corrected chi connectivity index (χ2v) is 8.15. The van der Waals surface area contributed by atoms with Crippen molar-refractivity contribution in [1.29, 1.82) is 0 Å². The molecule has 0 bridgehead atoms. The van der Waals surface area contributed by atoms with Crippen molar-refractivity contribution in [3.63, 3.8) is 0 Å². The second-order valence-electron chi connectivity index (χ2n) is 6.44. The maximum absolute atomic E-state index is 12.5. The number of H-pyrrole nitrogens is 1. The molecule has 2 amide bonds. The minimum atomic E-state index is -0.470. The molecule has 3 aromatic carbocycles. The summed E-state index contributed by atoms with van der Waals surface area (Å²) in [6.45, 7) is 0. The fraction of sp³-hybridized carbons (Fsp3) is 0. The molecule has 0 radical (unpaired) electrons. The predicted molar refractivity (Wildman–Crippen MR) is 127 cm³/mol. The van der Waals surface area contributed by atoms with Gasteiger partial charge < -0.3 is 4.98 Å². The van der Waals surface area contributed by atoms with Crippen LogP contribution in [0, 0.1) is 0 Å². The molecule has 3 N–H and O–H groups in total. The van der Waals surface area contributed by atoms with Crippen LogP contribution in [0.2, 0.25) is 0 Å². The predicted octanol–water partition coefficient (Wildman–Crippen LogP) is 6.37. The smallest absolute Gasteiger partial charge is 0.296 e. The lowest BCUT2D eigenvalue weighted by Gasteiger charge is -2.08. The standard InChI is InChI=1S/C22H15Br2N5O2/c23-17-11-5-3-9-15(17)21(30)28-26-19-13-7-1-2-8-14(13)20(25-19)27-29-22(31)16-10-4-6-12-18(16)24/h1-12,25-26H,(H,28,30). The SMILES string of the molecule is O=C(N=Nc1[nH]c(NNC(=O)c2ccccc2Br)c2ccccc12)c1ccccc1Br. The lowest BCUT2D eigenvalue weighted by atomic mass is 10.2. The molecule has 0 unspecified atom stereocenters. The average molecular weight is 541 g/mol. The van der Waals surface area contributed by atoms with Crippen LogP contribution in [0.25, 0.3) is 10.8 Å². The Morgan fingerprint density at radius 2 is 1.35 bits per heavy atom. The maximum Gasteiger partial charge on any atom is 0.296 e. The van der Waals surface area contributed by atoms with Crippen LogP contribution in [0.15, 0.2) is 92.0 Å². The van der Waals surface area contributed by atoms with E-state index in [9.17, 15) is 9.59 Å². The highest BCUT2D eigenvalue weighted by Gasteiger charge is 2.14. The van der Waals surface area contributed by atoms with E-state index in [1.54, 1.807) is 36.4 Å². The summed E-state index contributed by atoms with van der Waals surface area (Å²) < 4.78 is 1.33.